The van der Waals surface area contributed by atoms with Crippen molar-refractivity contribution in [3.63, 3.8) is 0 Å². The van der Waals surface area contributed by atoms with Crippen molar-refractivity contribution in [1.29, 1.82) is 0 Å². The number of carbonyl (C=O) groups excluding carboxylic acids is 1. The molecule has 0 fully saturated rings. The van der Waals surface area contributed by atoms with Crippen molar-refractivity contribution in [3.8, 4) is 0 Å². The number of para-hydroxylation sites is 1. The van der Waals surface area contributed by atoms with Crippen molar-refractivity contribution in [2.45, 2.75) is 25.1 Å². The van der Waals surface area contributed by atoms with Crippen LogP contribution < -0.4 is 5.32 Å². The number of benzene rings is 3. The van der Waals surface area contributed by atoms with Crippen molar-refractivity contribution >= 4 is 58.8 Å². The lowest BCUT2D eigenvalue weighted by Crippen LogP contribution is -2.38. The number of nitrogens with one attached hydrogen (secondary N) is 1. The zero-order chi connectivity index (χ0) is 24.8. The van der Waals surface area contributed by atoms with Gasteiger partial charge >= 0.3 is 0 Å². The summed E-state index contributed by atoms with van der Waals surface area (Å²) < 4.78 is 6.29. The Balaban J connectivity index is 0.00000361. The molecule has 1 aliphatic heterocycles. The molecule has 2 unspecified atom stereocenters. The quantitative estimate of drug-likeness (QED) is 0.219. The molecule has 0 saturated heterocycles. The summed E-state index contributed by atoms with van der Waals surface area (Å²) in [6.07, 6.45) is 3.31. The molecule has 1 N–H and O–H groups in total. The van der Waals surface area contributed by atoms with Crippen molar-refractivity contribution in [1.82, 2.24) is 9.80 Å². The van der Waals surface area contributed by atoms with Crippen LogP contribution in [0.15, 0.2) is 85.2 Å². The highest BCUT2D eigenvalue weighted by atomic mass is 35.5. The molecule has 36 heavy (non-hydrogen) atoms. The van der Waals surface area contributed by atoms with Gasteiger partial charge in [0, 0.05) is 28.1 Å². The van der Waals surface area contributed by atoms with Gasteiger partial charge in [-0.15, -0.1) is 12.4 Å². The first kappa shape index (κ1) is 28.2. The maximum atomic E-state index is 12.6. The van der Waals surface area contributed by atoms with Gasteiger partial charge in [-0.2, -0.15) is 0 Å². The molecule has 3 aromatic carbocycles. The third-order valence-electron chi connectivity index (χ3n) is 5.69. The van der Waals surface area contributed by atoms with Gasteiger partial charge in [-0.05, 0) is 53.9 Å². The molecule has 1 heterocycles. The fourth-order valence-corrected chi connectivity index (χ4v) is 4.36. The van der Waals surface area contributed by atoms with Crippen LogP contribution in [0.5, 0.6) is 0 Å². The van der Waals surface area contributed by atoms with E-state index < -0.39 is 11.6 Å². The molecule has 0 spiro atoms. The van der Waals surface area contributed by atoms with Crippen LogP contribution in [-0.2, 0) is 16.1 Å². The lowest BCUT2D eigenvalue weighted by atomic mass is 10.1. The molecular formula is C27H27Cl4N3O2. The Kier molecular flexibility index (Phi) is 10.3. The monoisotopic (exact) mass is 565 g/mol. The number of halogens is 4. The number of hydrogen-bond donors (Lipinski definition) is 1. The average Bonchev–Trinajstić information content (AvgIpc) is 3.31. The second-order valence-electron chi connectivity index (χ2n) is 8.35. The fraction of sp³-hybridized carbons (Fsp3) is 0.222. The Morgan fingerprint density at radius 3 is 2.28 bits per heavy atom. The van der Waals surface area contributed by atoms with Crippen molar-refractivity contribution in [2.75, 3.05) is 18.5 Å². The number of hydrogen-bond acceptors (Lipinski definition) is 4. The van der Waals surface area contributed by atoms with Crippen molar-refractivity contribution in [2.24, 2.45) is 0 Å². The first-order valence-electron chi connectivity index (χ1n) is 11.2. The second-order valence-corrected chi connectivity index (χ2v) is 9.67. The van der Waals surface area contributed by atoms with E-state index in [0.717, 1.165) is 22.4 Å². The van der Waals surface area contributed by atoms with Gasteiger partial charge in [0.05, 0.1) is 19.8 Å². The average molecular weight is 567 g/mol. The molecule has 190 valence electrons. The fourth-order valence-electron chi connectivity index (χ4n) is 3.76. The minimum Gasteiger partial charge on any atom is -0.365 e. The number of nitrogens with zero attached hydrogens (tertiary/aromatic N) is 2. The van der Waals surface area contributed by atoms with Crippen LogP contribution in [0.4, 0.5) is 5.69 Å². The molecule has 9 heteroatoms. The molecule has 2 atom stereocenters. The van der Waals surface area contributed by atoms with Gasteiger partial charge in [-0.3, -0.25) is 4.79 Å². The summed E-state index contributed by atoms with van der Waals surface area (Å²) in [5, 5.41) is 4.28. The molecule has 1 amide bonds. The van der Waals surface area contributed by atoms with Gasteiger partial charge in [0.1, 0.15) is 11.6 Å². The van der Waals surface area contributed by atoms with E-state index in [-0.39, 0.29) is 24.9 Å². The highest BCUT2D eigenvalue weighted by molar-refractivity contribution is 6.30. The van der Waals surface area contributed by atoms with E-state index in [1.54, 1.807) is 0 Å². The molecule has 3 aromatic rings. The van der Waals surface area contributed by atoms with E-state index in [1.807, 2.05) is 102 Å². The summed E-state index contributed by atoms with van der Waals surface area (Å²) >= 11 is 19.0. The minimum atomic E-state index is -0.510. The number of ether oxygens (including phenoxy) is 1. The number of anilines is 1. The molecule has 0 aliphatic carbocycles. The Hall–Kier alpha value is -2.41. The molecule has 4 rings (SSSR count). The number of carbonyl (C=O) groups is 1. The molecule has 1 aliphatic rings. The predicted octanol–water partition coefficient (Wildman–Crippen LogP) is 7.23. The standard InChI is InChI=1S/C27H26Cl3N3O2.ClH/c1-19-4-2-3-5-24(19)31-25(34)16-32-14-15-33(18-32)27(30)26(21-8-12-23(29)13-9-21)35-17-20-6-10-22(28)11-7-20;/h2-15,26-27H,16-18H2,1H3,(H,31,34);1H. The van der Waals surface area contributed by atoms with E-state index in [2.05, 4.69) is 5.32 Å². The summed E-state index contributed by atoms with van der Waals surface area (Å²) in [5.74, 6) is -0.0924. The minimum absolute atomic E-state index is 0. The maximum Gasteiger partial charge on any atom is 0.243 e. The Bertz CT molecular complexity index is 1170. The van der Waals surface area contributed by atoms with Crippen LogP contribution in [0.1, 0.15) is 22.8 Å². The molecule has 0 aromatic heterocycles. The van der Waals surface area contributed by atoms with E-state index in [4.69, 9.17) is 39.5 Å². The summed E-state index contributed by atoms with van der Waals surface area (Å²) in [5.41, 5.74) is 3.22. The first-order valence-corrected chi connectivity index (χ1v) is 12.4. The van der Waals surface area contributed by atoms with E-state index in [9.17, 15) is 4.79 Å². The largest absolute Gasteiger partial charge is 0.365 e. The zero-order valence-corrected chi connectivity index (χ0v) is 22.7. The first-order chi connectivity index (χ1) is 16.9. The normalized spacial score (nSPS) is 14.3. The maximum absolute atomic E-state index is 12.6. The van der Waals surface area contributed by atoms with E-state index in [0.29, 0.717) is 23.3 Å². The van der Waals surface area contributed by atoms with Gasteiger partial charge in [0.2, 0.25) is 5.91 Å². The third-order valence-corrected chi connectivity index (χ3v) is 6.67. The Morgan fingerprint density at radius 2 is 1.61 bits per heavy atom. The van der Waals surface area contributed by atoms with E-state index >= 15 is 0 Å². The lowest BCUT2D eigenvalue weighted by Gasteiger charge is -2.31. The summed E-state index contributed by atoms with van der Waals surface area (Å²) in [6, 6.07) is 22.7. The number of rotatable bonds is 9. The molecule has 0 bridgehead atoms. The Labute approximate surface area is 233 Å². The number of aryl methyl sites for hydroxylation is 1. The van der Waals surface area contributed by atoms with Crippen LogP contribution in [-0.4, -0.2) is 34.4 Å². The third kappa shape index (κ3) is 7.55. The topological polar surface area (TPSA) is 44.8 Å². The SMILES string of the molecule is Cc1ccccc1NC(=O)CN1C=CN(C(Cl)C(OCc2ccc(Cl)cc2)c2ccc(Cl)cc2)C1.Cl. The lowest BCUT2D eigenvalue weighted by molar-refractivity contribution is -0.117. The van der Waals surface area contributed by atoms with Crippen LogP contribution in [0.25, 0.3) is 0 Å². The highest BCUT2D eigenvalue weighted by Gasteiger charge is 2.30. The van der Waals surface area contributed by atoms with Gasteiger partial charge < -0.3 is 19.9 Å². The van der Waals surface area contributed by atoms with Gasteiger partial charge in [0.25, 0.3) is 0 Å². The summed E-state index contributed by atoms with van der Waals surface area (Å²) in [4.78, 5) is 16.4. The highest BCUT2D eigenvalue weighted by Crippen LogP contribution is 2.31. The van der Waals surface area contributed by atoms with Crippen LogP contribution in [0.3, 0.4) is 0 Å². The van der Waals surface area contributed by atoms with Crippen LogP contribution in [0.2, 0.25) is 10.0 Å². The predicted molar refractivity (Wildman–Crippen MR) is 150 cm³/mol. The van der Waals surface area contributed by atoms with Crippen molar-refractivity contribution in [3.05, 3.63) is 112 Å². The van der Waals surface area contributed by atoms with Crippen LogP contribution in [0, 0.1) is 6.92 Å². The van der Waals surface area contributed by atoms with Crippen LogP contribution >= 0.6 is 47.2 Å². The molecule has 0 saturated carbocycles. The molecule has 0 radical (unpaired) electrons. The zero-order valence-electron chi connectivity index (χ0n) is 19.6. The van der Waals surface area contributed by atoms with E-state index in [1.165, 1.54) is 0 Å². The van der Waals surface area contributed by atoms with Gasteiger partial charge in [-0.25, -0.2) is 0 Å². The molecule has 5 nitrogen and oxygen atoms in total. The number of amides is 1. The number of alkyl halides is 1. The molecular weight excluding hydrogens is 540 g/mol. The second kappa shape index (κ2) is 13.2. The van der Waals surface area contributed by atoms with Crippen molar-refractivity contribution < 1.29 is 9.53 Å². The smallest absolute Gasteiger partial charge is 0.243 e. The van der Waals surface area contributed by atoms with Gasteiger partial charge in [-0.1, -0.05) is 77.3 Å². The summed E-state index contributed by atoms with van der Waals surface area (Å²) in [6.45, 7) is 3.01. The summed E-state index contributed by atoms with van der Waals surface area (Å²) in [7, 11) is 0. The van der Waals surface area contributed by atoms with Gasteiger partial charge in [0.15, 0.2) is 0 Å². The Morgan fingerprint density at radius 1 is 0.972 bits per heavy atom.